The molecule has 0 amide bonds. The van der Waals surface area contributed by atoms with Crippen LogP contribution >= 0.6 is 0 Å². The summed E-state index contributed by atoms with van der Waals surface area (Å²) in [7, 11) is 3.60. The van der Waals surface area contributed by atoms with E-state index in [1.54, 1.807) is 13.3 Å². The average molecular weight is 396 g/mol. The third-order valence-corrected chi connectivity index (χ3v) is 4.86. The smallest absolute Gasteiger partial charge is 0.130 e. The molecule has 3 rings (SSSR count). The van der Waals surface area contributed by atoms with Gasteiger partial charge in [0, 0.05) is 26.0 Å². The highest BCUT2D eigenvalue weighted by molar-refractivity contribution is 5.36. The maximum absolute atomic E-state index is 10.5. The number of imidazole rings is 1. The fourth-order valence-corrected chi connectivity index (χ4v) is 3.29. The Morgan fingerprint density at radius 1 is 1.17 bits per heavy atom. The zero-order chi connectivity index (χ0) is 20.8. The van der Waals surface area contributed by atoms with Crippen molar-refractivity contribution >= 4 is 0 Å². The van der Waals surface area contributed by atoms with Gasteiger partial charge in [-0.25, -0.2) is 4.98 Å². The molecule has 2 aromatic carbocycles. The van der Waals surface area contributed by atoms with E-state index in [4.69, 9.17) is 9.47 Å². The summed E-state index contributed by atoms with van der Waals surface area (Å²) in [5.41, 5.74) is 3.27. The van der Waals surface area contributed by atoms with Gasteiger partial charge in [-0.1, -0.05) is 29.8 Å². The lowest BCUT2D eigenvalue weighted by Gasteiger charge is -2.22. The second-order valence-corrected chi connectivity index (χ2v) is 7.25. The fraction of sp³-hybridized carbons (Fsp3) is 0.348. The molecule has 0 radical (unpaired) electrons. The lowest BCUT2D eigenvalue weighted by molar-refractivity contribution is 0.104. The molecule has 0 fully saturated rings. The van der Waals surface area contributed by atoms with Crippen LogP contribution in [0, 0.1) is 13.8 Å². The number of hydrogen-bond donors (Lipinski definition) is 2. The summed E-state index contributed by atoms with van der Waals surface area (Å²) in [5.74, 6) is 2.44. The average Bonchev–Trinajstić information content (AvgIpc) is 3.13. The number of benzene rings is 2. The normalized spacial score (nSPS) is 13.1. The Balaban J connectivity index is 1.67. The first kappa shape index (κ1) is 20.9. The molecule has 29 heavy (non-hydrogen) atoms. The Morgan fingerprint density at radius 3 is 2.69 bits per heavy atom. The summed E-state index contributed by atoms with van der Waals surface area (Å²) >= 11 is 0. The lowest BCUT2D eigenvalue weighted by atomic mass is 10.1. The number of methoxy groups -OCH3 is 1. The number of aromatic nitrogens is 2. The zero-order valence-electron chi connectivity index (χ0n) is 17.4. The van der Waals surface area contributed by atoms with Crippen molar-refractivity contribution in [2.45, 2.75) is 26.0 Å². The van der Waals surface area contributed by atoms with Gasteiger partial charge in [0.2, 0.25) is 0 Å². The summed E-state index contributed by atoms with van der Waals surface area (Å²) in [4.78, 5) is 4.49. The predicted octanol–water partition coefficient (Wildman–Crippen LogP) is 3.16. The quantitative estimate of drug-likeness (QED) is 0.583. The highest BCUT2D eigenvalue weighted by Crippen LogP contribution is 2.24. The van der Waals surface area contributed by atoms with E-state index in [0.29, 0.717) is 6.54 Å². The summed E-state index contributed by atoms with van der Waals surface area (Å²) in [6.07, 6.45) is 3.01. The van der Waals surface area contributed by atoms with Crippen LogP contribution in [0.3, 0.4) is 0 Å². The molecule has 2 unspecified atom stereocenters. The van der Waals surface area contributed by atoms with Gasteiger partial charge in [0.25, 0.3) is 0 Å². The minimum Gasteiger partial charge on any atom is -0.497 e. The molecule has 3 aromatic rings. The second-order valence-electron chi connectivity index (χ2n) is 7.25. The largest absolute Gasteiger partial charge is 0.497 e. The van der Waals surface area contributed by atoms with Gasteiger partial charge < -0.3 is 24.5 Å². The van der Waals surface area contributed by atoms with E-state index in [1.165, 1.54) is 5.56 Å². The van der Waals surface area contributed by atoms with E-state index in [1.807, 2.05) is 68.1 Å². The Labute approximate surface area is 172 Å². The Morgan fingerprint density at radius 2 is 2.00 bits per heavy atom. The molecule has 0 saturated heterocycles. The molecule has 6 heteroatoms. The number of aliphatic hydroxyl groups is 1. The minimum atomic E-state index is -0.663. The first-order valence-electron chi connectivity index (χ1n) is 9.70. The molecule has 0 aliphatic carbocycles. The number of aryl methyl sites for hydroxylation is 3. The second kappa shape index (κ2) is 9.58. The number of nitrogens with zero attached hydrogens (tertiary/aromatic N) is 2. The molecule has 0 spiro atoms. The molecule has 6 nitrogen and oxygen atoms in total. The summed E-state index contributed by atoms with van der Waals surface area (Å²) in [6.45, 7) is 4.63. The van der Waals surface area contributed by atoms with Crippen LogP contribution in [-0.2, 0) is 7.05 Å². The molecule has 0 aliphatic heterocycles. The van der Waals surface area contributed by atoms with Crippen LogP contribution in [0.25, 0.3) is 0 Å². The van der Waals surface area contributed by atoms with Gasteiger partial charge in [-0.3, -0.25) is 0 Å². The van der Waals surface area contributed by atoms with Gasteiger partial charge >= 0.3 is 0 Å². The van der Waals surface area contributed by atoms with E-state index in [0.717, 1.165) is 28.5 Å². The predicted molar refractivity (Wildman–Crippen MR) is 113 cm³/mol. The maximum atomic E-state index is 10.5. The van der Waals surface area contributed by atoms with Crippen molar-refractivity contribution in [3.8, 4) is 11.5 Å². The number of rotatable bonds is 9. The molecule has 2 N–H and O–H groups in total. The molecular weight excluding hydrogens is 366 g/mol. The van der Waals surface area contributed by atoms with Crippen molar-refractivity contribution < 1.29 is 14.6 Å². The van der Waals surface area contributed by atoms with Crippen molar-refractivity contribution in [1.82, 2.24) is 14.9 Å². The van der Waals surface area contributed by atoms with Crippen molar-refractivity contribution in [2.24, 2.45) is 7.05 Å². The number of hydrogen-bond acceptors (Lipinski definition) is 5. The van der Waals surface area contributed by atoms with Crippen LogP contribution in [0.5, 0.6) is 11.5 Å². The third kappa shape index (κ3) is 5.37. The monoisotopic (exact) mass is 395 g/mol. The van der Waals surface area contributed by atoms with Crippen molar-refractivity contribution in [3.63, 3.8) is 0 Å². The molecule has 2 atom stereocenters. The summed E-state index contributed by atoms with van der Waals surface area (Å²) in [6, 6.07) is 13.7. The van der Waals surface area contributed by atoms with Gasteiger partial charge in [0.15, 0.2) is 0 Å². The molecule has 0 aliphatic rings. The number of aliphatic hydroxyl groups excluding tert-OH is 1. The van der Waals surface area contributed by atoms with Gasteiger partial charge in [-0.05, 0) is 43.2 Å². The molecular formula is C23H29N3O3. The minimum absolute atomic E-state index is 0.180. The lowest BCUT2D eigenvalue weighted by Crippen LogP contribution is -2.35. The van der Waals surface area contributed by atoms with E-state index in [-0.39, 0.29) is 12.6 Å². The van der Waals surface area contributed by atoms with Gasteiger partial charge in [0.1, 0.15) is 30.0 Å². The van der Waals surface area contributed by atoms with E-state index in [9.17, 15) is 5.11 Å². The van der Waals surface area contributed by atoms with Crippen LogP contribution in [-0.4, -0.2) is 41.0 Å². The fourth-order valence-electron chi connectivity index (χ4n) is 3.29. The zero-order valence-corrected chi connectivity index (χ0v) is 17.4. The first-order valence-corrected chi connectivity index (χ1v) is 9.70. The topological polar surface area (TPSA) is 68.5 Å². The van der Waals surface area contributed by atoms with E-state index < -0.39 is 6.10 Å². The Bertz CT molecular complexity index is 939. The van der Waals surface area contributed by atoms with Crippen molar-refractivity contribution in [2.75, 3.05) is 20.3 Å². The number of ether oxygens (including phenoxy) is 2. The third-order valence-electron chi connectivity index (χ3n) is 4.86. The summed E-state index contributed by atoms with van der Waals surface area (Å²) in [5, 5.41) is 13.9. The summed E-state index contributed by atoms with van der Waals surface area (Å²) < 4.78 is 13.1. The van der Waals surface area contributed by atoms with Crippen molar-refractivity contribution in [3.05, 3.63) is 77.4 Å². The van der Waals surface area contributed by atoms with Crippen LogP contribution in [0.1, 0.15) is 28.6 Å². The Kier molecular flexibility index (Phi) is 6.90. The van der Waals surface area contributed by atoms with E-state index >= 15 is 0 Å². The molecule has 1 heterocycles. The highest BCUT2D eigenvalue weighted by atomic mass is 16.5. The molecule has 1 aromatic heterocycles. The molecule has 0 bridgehead atoms. The first-order chi connectivity index (χ1) is 14.0. The van der Waals surface area contributed by atoms with Crippen LogP contribution in [0.2, 0.25) is 0 Å². The number of nitrogens with one attached hydrogen (secondary N) is 1. The van der Waals surface area contributed by atoms with Crippen LogP contribution < -0.4 is 14.8 Å². The molecule has 154 valence electrons. The van der Waals surface area contributed by atoms with Gasteiger partial charge in [-0.15, -0.1) is 0 Å². The van der Waals surface area contributed by atoms with Crippen LogP contribution in [0.15, 0.2) is 54.9 Å². The maximum Gasteiger partial charge on any atom is 0.130 e. The van der Waals surface area contributed by atoms with Gasteiger partial charge in [0.05, 0.1) is 13.2 Å². The van der Waals surface area contributed by atoms with Crippen LogP contribution in [0.4, 0.5) is 0 Å². The Hall–Kier alpha value is -2.83. The molecule has 0 saturated carbocycles. The van der Waals surface area contributed by atoms with Gasteiger partial charge in [-0.2, -0.15) is 0 Å². The van der Waals surface area contributed by atoms with Crippen molar-refractivity contribution in [1.29, 1.82) is 0 Å². The highest BCUT2D eigenvalue weighted by Gasteiger charge is 2.20. The standard InChI is InChI=1S/C23H29N3O3/c1-16-8-9-21(17(2)12-16)29-15-19(27)14-25-22(23-24-10-11-26(23)3)18-6-5-7-20(13-18)28-4/h5-13,19,22,25,27H,14-15H2,1-4H3. The SMILES string of the molecule is COc1cccc(C(NCC(O)COc2ccc(C)cc2C)c2nccn2C)c1. The van der Waals surface area contributed by atoms with E-state index in [2.05, 4.69) is 16.4 Å².